The Bertz CT molecular complexity index is 1380. The molecular formula is C26H30ClN5O4S. The van der Waals surface area contributed by atoms with Gasteiger partial charge in [-0.3, -0.25) is 4.79 Å². The van der Waals surface area contributed by atoms with Crippen molar-refractivity contribution in [1.29, 1.82) is 0 Å². The van der Waals surface area contributed by atoms with Crippen LogP contribution in [0.3, 0.4) is 0 Å². The van der Waals surface area contributed by atoms with Crippen molar-refractivity contribution in [3.63, 3.8) is 0 Å². The quantitative estimate of drug-likeness (QED) is 0.503. The predicted molar refractivity (Wildman–Crippen MR) is 144 cm³/mol. The zero-order chi connectivity index (χ0) is 26.2. The lowest BCUT2D eigenvalue weighted by atomic mass is 10.00. The maximum absolute atomic E-state index is 13.4. The molecule has 0 unspecified atom stereocenters. The molecule has 1 amide bonds. The van der Waals surface area contributed by atoms with Crippen LogP contribution in [0.5, 0.6) is 0 Å². The van der Waals surface area contributed by atoms with Crippen LogP contribution >= 0.6 is 11.6 Å². The third kappa shape index (κ3) is 5.40. The summed E-state index contributed by atoms with van der Waals surface area (Å²) in [6.07, 6.45) is 1.97. The van der Waals surface area contributed by atoms with Crippen molar-refractivity contribution in [2.75, 3.05) is 47.2 Å². The molecule has 1 N–H and O–H groups in total. The summed E-state index contributed by atoms with van der Waals surface area (Å²) in [5.74, 6) is 0.200. The molecule has 1 aromatic heterocycles. The SMILES string of the molecule is Cc1cc(NS(=O)(=O)c2ccc(N3CCN(C(=O)[C@@H](C)N4CCCc5cc(Cl)ccc54)CC3)cc2)on1. The van der Waals surface area contributed by atoms with Crippen LogP contribution in [-0.2, 0) is 21.2 Å². The van der Waals surface area contributed by atoms with Gasteiger partial charge < -0.3 is 19.2 Å². The molecule has 9 nitrogen and oxygen atoms in total. The molecule has 2 aliphatic rings. The van der Waals surface area contributed by atoms with Crippen molar-refractivity contribution < 1.29 is 17.7 Å². The average molecular weight is 544 g/mol. The number of halogens is 1. The Morgan fingerprint density at radius 2 is 1.78 bits per heavy atom. The van der Waals surface area contributed by atoms with Crippen molar-refractivity contribution in [3.8, 4) is 0 Å². The largest absolute Gasteiger partial charge is 0.368 e. The van der Waals surface area contributed by atoms with Gasteiger partial charge in [0.25, 0.3) is 10.0 Å². The molecular weight excluding hydrogens is 514 g/mol. The van der Waals surface area contributed by atoms with Crippen LogP contribution in [0.4, 0.5) is 17.3 Å². The number of nitrogens with zero attached hydrogens (tertiary/aromatic N) is 4. The Hall–Kier alpha value is -3.24. The summed E-state index contributed by atoms with van der Waals surface area (Å²) in [6, 6.07) is 13.9. The number of carbonyl (C=O) groups excluding carboxylic acids is 1. The summed E-state index contributed by atoms with van der Waals surface area (Å²) >= 11 is 6.18. The van der Waals surface area contributed by atoms with E-state index in [4.69, 9.17) is 16.1 Å². The zero-order valence-corrected chi connectivity index (χ0v) is 22.4. The van der Waals surface area contributed by atoms with Crippen molar-refractivity contribution in [2.45, 2.75) is 37.6 Å². The van der Waals surface area contributed by atoms with Crippen molar-refractivity contribution >= 4 is 44.8 Å². The molecule has 0 spiro atoms. The number of sulfonamides is 1. The Kier molecular flexibility index (Phi) is 7.04. The van der Waals surface area contributed by atoms with E-state index < -0.39 is 10.0 Å². The van der Waals surface area contributed by atoms with E-state index in [1.165, 1.54) is 11.6 Å². The van der Waals surface area contributed by atoms with Gasteiger partial charge >= 0.3 is 0 Å². The lowest BCUT2D eigenvalue weighted by molar-refractivity contribution is -0.132. The number of rotatable bonds is 6. The Morgan fingerprint density at radius 1 is 1.05 bits per heavy atom. The van der Waals surface area contributed by atoms with Gasteiger partial charge in [0, 0.05) is 55.2 Å². The van der Waals surface area contributed by atoms with Crippen LogP contribution in [0, 0.1) is 6.92 Å². The highest BCUT2D eigenvalue weighted by molar-refractivity contribution is 7.92. The van der Waals surface area contributed by atoms with E-state index in [-0.39, 0.29) is 22.7 Å². The van der Waals surface area contributed by atoms with Gasteiger partial charge in [-0.2, -0.15) is 0 Å². The number of benzene rings is 2. The van der Waals surface area contributed by atoms with Gasteiger partial charge in [-0.05, 0) is 74.7 Å². The third-order valence-corrected chi connectivity index (χ3v) is 8.59. The van der Waals surface area contributed by atoms with Gasteiger partial charge in [0.2, 0.25) is 11.8 Å². The molecule has 0 aliphatic carbocycles. The minimum atomic E-state index is -3.78. The normalized spacial score (nSPS) is 16.9. The molecule has 1 fully saturated rings. The molecule has 3 heterocycles. The van der Waals surface area contributed by atoms with Gasteiger partial charge in [0.1, 0.15) is 6.04 Å². The fourth-order valence-electron chi connectivity index (χ4n) is 5.02. The van der Waals surface area contributed by atoms with Crippen LogP contribution in [-0.4, -0.2) is 63.1 Å². The van der Waals surface area contributed by atoms with E-state index in [9.17, 15) is 13.2 Å². The number of hydrogen-bond acceptors (Lipinski definition) is 7. The lowest BCUT2D eigenvalue weighted by Gasteiger charge is -2.41. The molecule has 0 saturated carbocycles. The zero-order valence-electron chi connectivity index (χ0n) is 20.9. The van der Waals surface area contributed by atoms with Crippen molar-refractivity contribution in [3.05, 3.63) is 64.8 Å². The second kappa shape index (κ2) is 10.3. The number of amides is 1. The van der Waals surface area contributed by atoms with Crippen molar-refractivity contribution in [1.82, 2.24) is 10.1 Å². The fraction of sp³-hybridized carbons (Fsp3) is 0.385. The van der Waals surface area contributed by atoms with Crippen LogP contribution < -0.4 is 14.5 Å². The number of aromatic nitrogens is 1. The molecule has 0 bridgehead atoms. The first-order valence-corrected chi connectivity index (χ1v) is 14.2. The summed E-state index contributed by atoms with van der Waals surface area (Å²) in [5.41, 5.74) is 3.79. The number of nitrogens with one attached hydrogen (secondary N) is 1. The Labute approximate surface area is 222 Å². The van der Waals surface area contributed by atoms with E-state index in [0.717, 1.165) is 35.8 Å². The predicted octanol–water partition coefficient (Wildman–Crippen LogP) is 3.93. The van der Waals surface area contributed by atoms with Crippen LogP contribution in [0.25, 0.3) is 0 Å². The number of piperazine rings is 1. The first-order valence-electron chi connectivity index (χ1n) is 12.4. The Balaban J connectivity index is 1.19. The van der Waals surface area contributed by atoms with Crippen LogP contribution in [0.1, 0.15) is 24.6 Å². The maximum Gasteiger partial charge on any atom is 0.264 e. The molecule has 0 radical (unpaired) electrons. The molecule has 37 heavy (non-hydrogen) atoms. The molecule has 3 aromatic rings. The maximum atomic E-state index is 13.4. The molecule has 2 aliphatic heterocycles. The molecule has 5 rings (SSSR count). The molecule has 196 valence electrons. The number of hydrogen-bond donors (Lipinski definition) is 1. The summed E-state index contributed by atoms with van der Waals surface area (Å²) in [7, 11) is -3.78. The second-order valence-corrected chi connectivity index (χ2v) is 11.6. The van der Waals surface area contributed by atoms with E-state index in [1.54, 1.807) is 31.2 Å². The van der Waals surface area contributed by atoms with Gasteiger partial charge in [-0.1, -0.05) is 16.8 Å². The van der Waals surface area contributed by atoms with Gasteiger partial charge in [-0.25, -0.2) is 13.1 Å². The summed E-state index contributed by atoms with van der Waals surface area (Å²) in [4.78, 5) is 19.8. The Morgan fingerprint density at radius 3 is 2.46 bits per heavy atom. The molecule has 1 saturated heterocycles. The first kappa shape index (κ1) is 25.4. The van der Waals surface area contributed by atoms with Crippen LogP contribution in [0.15, 0.2) is 57.9 Å². The minimum absolute atomic E-state index is 0.0773. The number of carbonyl (C=O) groups is 1. The monoisotopic (exact) mass is 543 g/mol. The van der Waals surface area contributed by atoms with Gasteiger partial charge in [0.05, 0.1) is 10.6 Å². The van der Waals surface area contributed by atoms with Gasteiger partial charge in [0.15, 0.2) is 0 Å². The second-order valence-electron chi connectivity index (χ2n) is 9.49. The topological polar surface area (TPSA) is 99.0 Å². The highest BCUT2D eigenvalue weighted by atomic mass is 35.5. The van der Waals surface area contributed by atoms with E-state index in [0.29, 0.717) is 31.9 Å². The summed E-state index contributed by atoms with van der Waals surface area (Å²) < 4.78 is 32.6. The molecule has 2 aromatic carbocycles. The highest BCUT2D eigenvalue weighted by Gasteiger charge is 2.31. The van der Waals surface area contributed by atoms with E-state index in [1.807, 2.05) is 30.0 Å². The molecule has 1 atom stereocenters. The third-order valence-electron chi connectivity index (χ3n) is 6.99. The lowest BCUT2D eigenvalue weighted by Crippen LogP contribution is -2.55. The average Bonchev–Trinajstić information content (AvgIpc) is 3.31. The summed E-state index contributed by atoms with van der Waals surface area (Å²) in [6.45, 7) is 7.10. The smallest absolute Gasteiger partial charge is 0.264 e. The number of anilines is 3. The molecule has 11 heteroatoms. The standard InChI is InChI=1S/C26H30ClN5O4S/c1-18-16-25(36-28-18)29-37(34,35)23-8-6-22(7-9-23)30-12-14-31(15-13-30)26(33)19(2)32-11-3-4-20-17-21(27)5-10-24(20)32/h5-10,16-17,19,29H,3-4,11-15H2,1-2H3/t19-/m1/s1. The van der Waals surface area contributed by atoms with E-state index >= 15 is 0 Å². The van der Waals surface area contributed by atoms with Crippen molar-refractivity contribution in [2.24, 2.45) is 0 Å². The first-order chi connectivity index (χ1) is 17.7. The minimum Gasteiger partial charge on any atom is -0.368 e. The number of fused-ring (bicyclic) bond motifs is 1. The van der Waals surface area contributed by atoms with Crippen LogP contribution in [0.2, 0.25) is 5.02 Å². The number of aryl methyl sites for hydroxylation is 2. The van der Waals surface area contributed by atoms with Gasteiger partial charge in [-0.15, -0.1) is 0 Å². The fourth-order valence-corrected chi connectivity index (χ4v) is 6.19. The highest BCUT2D eigenvalue weighted by Crippen LogP contribution is 2.31. The summed E-state index contributed by atoms with van der Waals surface area (Å²) in [5, 5.41) is 4.42. The van der Waals surface area contributed by atoms with E-state index in [2.05, 4.69) is 19.7 Å².